The van der Waals surface area contributed by atoms with Crippen LogP contribution in [0.2, 0.25) is 0 Å². The predicted octanol–water partition coefficient (Wildman–Crippen LogP) is 4.16. The average molecular weight is 435 g/mol. The summed E-state index contributed by atoms with van der Waals surface area (Å²) in [5.41, 5.74) is 3.06. The molecule has 0 saturated carbocycles. The van der Waals surface area contributed by atoms with Crippen LogP contribution in [-0.4, -0.2) is 34.6 Å². The number of halogens is 1. The van der Waals surface area contributed by atoms with E-state index in [4.69, 9.17) is 4.74 Å². The fourth-order valence-electron chi connectivity index (χ4n) is 3.47. The van der Waals surface area contributed by atoms with Crippen molar-refractivity contribution in [2.75, 3.05) is 0 Å². The molecule has 0 aliphatic heterocycles. The third kappa shape index (κ3) is 3.34. The number of ether oxygens (including phenoxy) is 1. The van der Waals surface area contributed by atoms with Gasteiger partial charge < -0.3 is 4.74 Å². The summed E-state index contributed by atoms with van der Waals surface area (Å²) in [5.74, 6) is 1.13. The Hall–Kier alpha value is -3.66. The first-order chi connectivity index (χ1) is 15.2. The molecule has 0 aliphatic rings. The maximum Gasteiger partial charge on any atom is 0.242 e. The SMILES string of the molecule is CCn1ncnc1COc1nn2c(-c3ccsc3)nnc(C)c2c1-c1ccccc1F. The highest BCUT2D eigenvalue weighted by atomic mass is 32.1. The topological polar surface area (TPSA) is 83.0 Å². The van der Waals surface area contributed by atoms with Gasteiger partial charge in [0, 0.05) is 23.1 Å². The van der Waals surface area contributed by atoms with Gasteiger partial charge in [-0.2, -0.15) is 21.5 Å². The summed E-state index contributed by atoms with van der Waals surface area (Å²) in [6, 6.07) is 8.50. The number of benzene rings is 1. The second-order valence-electron chi connectivity index (χ2n) is 6.82. The van der Waals surface area contributed by atoms with Gasteiger partial charge in [0.15, 0.2) is 11.6 Å². The first-order valence-corrected chi connectivity index (χ1v) is 10.6. The molecule has 5 rings (SSSR count). The van der Waals surface area contributed by atoms with E-state index in [0.717, 1.165) is 5.56 Å². The van der Waals surface area contributed by atoms with Crippen molar-refractivity contribution < 1.29 is 9.13 Å². The molecule has 4 aromatic heterocycles. The van der Waals surface area contributed by atoms with Gasteiger partial charge in [-0.1, -0.05) is 18.2 Å². The van der Waals surface area contributed by atoms with Gasteiger partial charge in [-0.05, 0) is 31.4 Å². The molecular formula is C21H18FN7OS. The molecule has 0 spiro atoms. The molecule has 31 heavy (non-hydrogen) atoms. The van der Waals surface area contributed by atoms with Crippen LogP contribution in [0.15, 0.2) is 47.4 Å². The number of nitrogens with zero attached hydrogens (tertiary/aromatic N) is 7. The van der Waals surface area contributed by atoms with Gasteiger partial charge in [0.1, 0.15) is 24.3 Å². The second kappa shape index (κ2) is 7.88. The molecule has 0 amide bonds. The highest BCUT2D eigenvalue weighted by molar-refractivity contribution is 7.08. The lowest BCUT2D eigenvalue weighted by molar-refractivity contribution is 0.276. The minimum atomic E-state index is -0.368. The summed E-state index contributed by atoms with van der Waals surface area (Å²) in [5, 5.41) is 21.4. The zero-order chi connectivity index (χ0) is 21.4. The molecular weight excluding hydrogens is 417 g/mol. The van der Waals surface area contributed by atoms with E-state index < -0.39 is 0 Å². The summed E-state index contributed by atoms with van der Waals surface area (Å²) in [4.78, 5) is 4.25. The number of aryl methyl sites for hydroxylation is 2. The Labute approximate surface area is 181 Å². The maximum atomic E-state index is 14.8. The third-order valence-corrected chi connectivity index (χ3v) is 5.63. The minimum Gasteiger partial charge on any atom is -0.468 e. The molecule has 0 saturated heterocycles. The number of aromatic nitrogens is 7. The van der Waals surface area contributed by atoms with Crippen LogP contribution < -0.4 is 4.74 Å². The fourth-order valence-corrected chi connectivity index (χ4v) is 4.11. The second-order valence-corrected chi connectivity index (χ2v) is 7.60. The van der Waals surface area contributed by atoms with E-state index in [1.165, 1.54) is 12.4 Å². The van der Waals surface area contributed by atoms with Gasteiger partial charge >= 0.3 is 0 Å². The van der Waals surface area contributed by atoms with E-state index in [0.29, 0.717) is 40.5 Å². The highest BCUT2D eigenvalue weighted by Gasteiger charge is 2.24. The monoisotopic (exact) mass is 435 g/mol. The van der Waals surface area contributed by atoms with Crippen LogP contribution >= 0.6 is 11.3 Å². The van der Waals surface area contributed by atoms with Crippen molar-refractivity contribution in [2.24, 2.45) is 0 Å². The van der Waals surface area contributed by atoms with Crippen LogP contribution in [0.4, 0.5) is 4.39 Å². The lowest BCUT2D eigenvalue weighted by Crippen LogP contribution is -2.08. The van der Waals surface area contributed by atoms with E-state index in [2.05, 4.69) is 25.4 Å². The minimum absolute atomic E-state index is 0.146. The van der Waals surface area contributed by atoms with Crippen molar-refractivity contribution in [2.45, 2.75) is 27.0 Å². The van der Waals surface area contributed by atoms with E-state index in [1.54, 1.807) is 38.7 Å². The first kappa shape index (κ1) is 19.3. The highest BCUT2D eigenvalue weighted by Crippen LogP contribution is 2.38. The molecule has 0 fully saturated rings. The van der Waals surface area contributed by atoms with Gasteiger partial charge in [0.2, 0.25) is 5.88 Å². The molecule has 0 radical (unpaired) electrons. The molecule has 0 atom stereocenters. The molecule has 10 heteroatoms. The van der Waals surface area contributed by atoms with Crippen LogP contribution in [0, 0.1) is 12.7 Å². The predicted molar refractivity (Wildman–Crippen MR) is 114 cm³/mol. The molecule has 8 nitrogen and oxygen atoms in total. The quantitative estimate of drug-likeness (QED) is 0.398. The molecule has 0 bridgehead atoms. The normalized spacial score (nSPS) is 11.3. The van der Waals surface area contributed by atoms with Gasteiger partial charge in [0.05, 0.1) is 11.3 Å². The largest absolute Gasteiger partial charge is 0.468 e. The lowest BCUT2D eigenvalue weighted by Gasteiger charge is -2.08. The van der Waals surface area contributed by atoms with Crippen molar-refractivity contribution in [1.82, 2.24) is 34.6 Å². The van der Waals surface area contributed by atoms with Crippen molar-refractivity contribution in [3.05, 3.63) is 64.8 Å². The zero-order valence-corrected chi connectivity index (χ0v) is 17.7. The Kier molecular flexibility index (Phi) is 4.91. The Bertz CT molecular complexity index is 1360. The third-order valence-electron chi connectivity index (χ3n) is 4.95. The first-order valence-electron chi connectivity index (χ1n) is 9.70. The summed E-state index contributed by atoms with van der Waals surface area (Å²) in [6.07, 6.45) is 1.48. The van der Waals surface area contributed by atoms with Crippen molar-refractivity contribution >= 4 is 16.9 Å². The number of hydrogen-bond acceptors (Lipinski definition) is 7. The van der Waals surface area contributed by atoms with Crippen molar-refractivity contribution in [3.63, 3.8) is 0 Å². The summed E-state index contributed by atoms with van der Waals surface area (Å²) < 4.78 is 24.3. The van der Waals surface area contributed by atoms with E-state index >= 15 is 0 Å². The van der Waals surface area contributed by atoms with Gasteiger partial charge in [-0.15, -0.1) is 10.2 Å². The molecule has 0 unspecified atom stereocenters. The van der Waals surface area contributed by atoms with Gasteiger partial charge in [-0.3, -0.25) is 0 Å². The smallest absolute Gasteiger partial charge is 0.242 e. The molecule has 156 valence electrons. The molecule has 0 aliphatic carbocycles. The fraction of sp³-hybridized carbons (Fsp3) is 0.190. The Morgan fingerprint density at radius 1 is 1.16 bits per heavy atom. The van der Waals surface area contributed by atoms with Gasteiger partial charge in [-0.25, -0.2) is 18.6 Å². The van der Waals surface area contributed by atoms with Crippen LogP contribution in [0.1, 0.15) is 18.4 Å². The molecule has 5 aromatic rings. The molecule has 4 heterocycles. The van der Waals surface area contributed by atoms with Crippen LogP contribution in [-0.2, 0) is 13.2 Å². The van der Waals surface area contributed by atoms with E-state index in [-0.39, 0.29) is 18.3 Å². The standard InChI is InChI=1S/C21H18FN7OS/c1-3-28-17(23-12-24-28)10-30-21-18(15-6-4-5-7-16(15)22)19-13(2)25-26-20(29(19)27-21)14-8-9-31-11-14/h4-9,11-12H,3,10H2,1-2H3. The zero-order valence-electron chi connectivity index (χ0n) is 16.9. The van der Waals surface area contributed by atoms with Crippen molar-refractivity contribution in [3.8, 4) is 28.4 Å². The molecule has 0 N–H and O–H groups in total. The van der Waals surface area contributed by atoms with Crippen LogP contribution in [0.3, 0.4) is 0 Å². The van der Waals surface area contributed by atoms with Crippen LogP contribution in [0.5, 0.6) is 5.88 Å². The summed E-state index contributed by atoms with van der Waals surface area (Å²) in [7, 11) is 0. The number of hydrogen-bond donors (Lipinski definition) is 0. The van der Waals surface area contributed by atoms with E-state index in [9.17, 15) is 4.39 Å². The Morgan fingerprint density at radius 2 is 2.03 bits per heavy atom. The molecule has 1 aromatic carbocycles. The lowest BCUT2D eigenvalue weighted by atomic mass is 10.1. The summed E-state index contributed by atoms with van der Waals surface area (Å²) in [6.45, 7) is 4.61. The van der Waals surface area contributed by atoms with E-state index in [1.807, 2.05) is 30.7 Å². The Balaban J connectivity index is 1.71. The van der Waals surface area contributed by atoms with Gasteiger partial charge in [0.25, 0.3) is 0 Å². The van der Waals surface area contributed by atoms with Crippen molar-refractivity contribution in [1.29, 1.82) is 0 Å². The number of thiophene rings is 1. The summed E-state index contributed by atoms with van der Waals surface area (Å²) >= 11 is 1.55. The maximum absolute atomic E-state index is 14.8. The average Bonchev–Trinajstić information content (AvgIpc) is 3.52. The van der Waals surface area contributed by atoms with Crippen LogP contribution in [0.25, 0.3) is 28.0 Å². The number of rotatable bonds is 6. The Morgan fingerprint density at radius 3 is 2.81 bits per heavy atom. The number of fused-ring (bicyclic) bond motifs is 1.